The van der Waals surface area contributed by atoms with E-state index in [0.29, 0.717) is 44.7 Å². The number of hydrogen-bond acceptors (Lipinski definition) is 5. The fourth-order valence-corrected chi connectivity index (χ4v) is 5.78. The Morgan fingerprint density at radius 1 is 1.06 bits per heavy atom. The molecule has 0 aliphatic carbocycles. The number of nitrogens with zero attached hydrogens (tertiary/aromatic N) is 2. The van der Waals surface area contributed by atoms with E-state index in [2.05, 4.69) is 10.2 Å². The van der Waals surface area contributed by atoms with Crippen molar-refractivity contribution in [2.75, 3.05) is 49.1 Å². The highest BCUT2D eigenvalue weighted by atomic mass is 32.2. The Bertz CT molecular complexity index is 976. The van der Waals surface area contributed by atoms with Crippen LogP contribution >= 0.6 is 11.8 Å². The zero-order chi connectivity index (χ0) is 22.3. The van der Waals surface area contributed by atoms with E-state index >= 15 is 0 Å². The number of thioether (sulfide) groups is 1. The SMILES string of the molecule is CCSc1ccccc1C(=O)NCCCS(=O)(=O)N1CCN(c2ccc(F)cc2)CC1. The summed E-state index contributed by atoms with van der Waals surface area (Å²) in [6.07, 6.45) is 0.356. The van der Waals surface area contributed by atoms with Crippen LogP contribution in [0.2, 0.25) is 0 Å². The Morgan fingerprint density at radius 3 is 2.42 bits per heavy atom. The van der Waals surface area contributed by atoms with E-state index in [1.54, 1.807) is 30.0 Å². The molecule has 2 aromatic carbocycles. The first-order chi connectivity index (χ1) is 14.9. The van der Waals surface area contributed by atoms with E-state index in [-0.39, 0.29) is 17.5 Å². The Kier molecular flexibility index (Phi) is 8.34. The van der Waals surface area contributed by atoms with Crippen LogP contribution in [0.15, 0.2) is 53.4 Å². The Balaban J connectivity index is 1.44. The van der Waals surface area contributed by atoms with E-state index in [0.717, 1.165) is 16.3 Å². The number of amides is 1. The second kappa shape index (κ2) is 11.0. The van der Waals surface area contributed by atoms with Crippen LogP contribution in [0.1, 0.15) is 23.7 Å². The monoisotopic (exact) mass is 465 g/mol. The number of nitrogens with one attached hydrogen (secondary N) is 1. The van der Waals surface area contributed by atoms with Gasteiger partial charge in [-0.2, -0.15) is 4.31 Å². The van der Waals surface area contributed by atoms with Crippen LogP contribution in [-0.2, 0) is 10.0 Å². The number of sulfonamides is 1. The number of carbonyl (C=O) groups excluding carboxylic acids is 1. The molecule has 1 fully saturated rings. The van der Waals surface area contributed by atoms with Gasteiger partial charge in [-0.15, -0.1) is 11.8 Å². The zero-order valence-corrected chi connectivity index (χ0v) is 19.2. The first kappa shape index (κ1) is 23.6. The Hall–Kier alpha value is -2.10. The summed E-state index contributed by atoms with van der Waals surface area (Å²) in [6, 6.07) is 13.7. The number of benzene rings is 2. The van der Waals surface area contributed by atoms with Gasteiger partial charge in [-0.25, -0.2) is 12.8 Å². The first-order valence-electron chi connectivity index (χ1n) is 10.4. The molecule has 0 unspecified atom stereocenters. The highest BCUT2D eigenvalue weighted by Gasteiger charge is 2.26. The van der Waals surface area contributed by atoms with E-state index in [1.165, 1.54) is 16.4 Å². The number of halogens is 1. The predicted octanol–water partition coefficient (Wildman–Crippen LogP) is 3.21. The van der Waals surface area contributed by atoms with Crippen molar-refractivity contribution in [1.29, 1.82) is 0 Å². The van der Waals surface area contributed by atoms with Gasteiger partial charge in [0.2, 0.25) is 10.0 Å². The van der Waals surface area contributed by atoms with Crippen LogP contribution in [0.3, 0.4) is 0 Å². The van der Waals surface area contributed by atoms with Crippen LogP contribution in [0.4, 0.5) is 10.1 Å². The molecule has 168 valence electrons. The van der Waals surface area contributed by atoms with Crippen molar-refractivity contribution in [2.24, 2.45) is 0 Å². The summed E-state index contributed by atoms with van der Waals surface area (Å²) in [5, 5.41) is 2.83. The Labute approximate surface area is 187 Å². The second-order valence-corrected chi connectivity index (χ2v) is 10.6. The van der Waals surface area contributed by atoms with Gasteiger partial charge >= 0.3 is 0 Å². The average Bonchev–Trinajstić information content (AvgIpc) is 2.78. The summed E-state index contributed by atoms with van der Waals surface area (Å²) in [6.45, 7) is 4.25. The Morgan fingerprint density at radius 2 is 1.74 bits per heavy atom. The maximum absolute atomic E-state index is 13.1. The van der Waals surface area contributed by atoms with E-state index < -0.39 is 10.0 Å². The van der Waals surface area contributed by atoms with Crippen molar-refractivity contribution >= 4 is 33.4 Å². The fourth-order valence-electron chi connectivity index (χ4n) is 3.49. The fraction of sp³-hybridized carbons (Fsp3) is 0.409. The number of piperazine rings is 1. The van der Waals surface area contributed by atoms with Crippen molar-refractivity contribution in [2.45, 2.75) is 18.2 Å². The standard InChI is InChI=1S/C22H28FN3O3S2/c1-2-30-21-7-4-3-6-20(21)22(27)24-12-5-17-31(28,29)26-15-13-25(14-16-26)19-10-8-18(23)9-11-19/h3-4,6-11H,2,5,12-17H2,1H3,(H,24,27). The molecule has 1 amide bonds. The molecule has 6 nitrogen and oxygen atoms in total. The molecule has 0 spiro atoms. The number of hydrogen-bond donors (Lipinski definition) is 1. The predicted molar refractivity (Wildman–Crippen MR) is 124 cm³/mol. The minimum atomic E-state index is -3.38. The van der Waals surface area contributed by atoms with Crippen LogP contribution in [-0.4, -0.2) is 62.9 Å². The molecule has 1 aliphatic rings. The van der Waals surface area contributed by atoms with Gasteiger partial charge in [-0.05, 0) is 48.6 Å². The lowest BCUT2D eigenvalue weighted by molar-refractivity contribution is 0.0950. The smallest absolute Gasteiger partial charge is 0.252 e. The molecule has 1 saturated heterocycles. The number of carbonyl (C=O) groups is 1. The van der Waals surface area contributed by atoms with Crippen LogP contribution in [0.25, 0.3) is 0 Å². The summed E-state index contributed by atoms with van der Waals surface area (Å²) < 4.78 is 39.9. The largest absolute Gasteiger partial charge is 0.369 e. The highest BCUT2D eigenvalue weighted by Crippen LogP contribution is 2.22. The third-order valence-corrected chi connectivity index (χ3v) is 8.03. The lowest BCUT2D eigenvalue weighted by Gasteiger charge is -2.35. The summed E-state index contributed by atoms with van der Waals surface area (Å²) in [7, 11) is -3.38. The maximum Gasteiger partial charge on any atom is 0.252 e. The molecule has 1 aliphatic heterocycles. The topological polar surface area (TPSA) is 69.7 Å². The molecule has 0 saturated carbocycles. The average molecular weight is 466 g/mol. The second-order valence-electron chi connectivity index (χ2n) is 7.22. The summed E-state index contributed by atoms with van der Waals surface area (Å²) >= 11 is 1.61. The molecule has 0 radical (unpaired) electrons. The van der Waals surface area contributed by atoms with Gasteiger partial charge in [0, 0.05) is 43.3 Å². The van der Waals surface area contributed by atoms with Gasteiger partial charge in [-0.1, -0.05) is 19.1 Å². The minimum absolute atomic E-state index is 0.00478. The summed E-state index contributed by atoms with van der Waals surface area (Å²) in [4.78, 5) is 15.4. The van der Waals surface area contributed by atoms with E-state index in [1.807, 2.05) is 25.1 Å². The third-order valence-electron chi connectivity index (χ3n) is 5.12. The minimum Gasteiger partial charge on any atom is -0.369 e. The lowest BCUT2D eigenvalue weighted by atomic mass is 10.2. The molecular weight excluding hydrogens is 437 g/mol. The van der Waals surface area contributed by atoms with Crippen molar-refractivity contribution < 1.29 is 17.6 Å². The summed E-state index contributed by atoms with van der Waals surface area (Å²) in [5.74, 6) is 0.401. The van der Waals surface area contributed by atoms with Gasteiger partial charge < -0.3 is 10.2 Å². The first-order valence-corrected chi connectivity index (χ1v) is 13.0. The van der Waals surface area contributed by atoms with Gasteiger partial charge in [0.25, 0.3) is 5.91 Å². The third kappa shape index (κ3) is 6.44. The normalized spacial score (nSPS) is 15.1. The van der Waals surface area contributed by atoms with Crippen LogP contribution in [0.5, 0.6) is 0 Å². The quantitative estimate of drug-likeness (QED) is 0.455. The van der Waals surface area contributed by atoms with Crippen LogP contribution in [0, 0.1) is 5.82 Å². The van der Waals surface area contributed by atoms with Crippen molar-refractivity contribution in [3.8, 4) is 0 Å². The maximum atomic E-state index is 13.1. The molecule has 0 aromatic heterocycles. The molecule has 3 rings (SSSR count). The van der Waals surface area contributed by atoms with Crippen LogP contribution < -0.4 is 10.2 Å². The zero-order valence-electron chi connectivity index (χ0n) is 17.6. The molecule has 31 heavy (non-hydrogen) atoms. The lowest BCUT2D eigenvalue weighted by Crippen LogP contribution is -2.49. The highest BCUT2D eigenvalue weighted by molar-refractivity contribution is 7.99. The van der Waals surface area contributed by atoms with Crippen molar-refractivity contribution in [3.05, 3.63) is 59.9 Å². The number of rotatable bonds is 9. The molecule has 1 heterocycles. The summed E-state index contributed by atoms with van der Waals surface area (Å²) in [5.41, 5.74) is 1.51. The number of anilines is 1. The molecular formula is C22H28FN3O3S2. The molecule has 0 bridgehead atoms. The van der Waals surface area contributed by atoms with Gasteiger partial charge in [0.05, 0.1) is 11.3 Å². The van der Waals surface area contributed by atoms with Gasteiger partial charge in [0.15, 0.2) is 0 Å². The van der Waals surface area contributed by atoms with E-state index in [4.69, 9.17) is 0 Å². The molecule has 1 N–H and O–H groups in total. The molecule has 2 aromatic rings. The van der Waals surface area contributed by atoms with E-state index in [9.17, 15) is 17.6 Å². The van der Waals surface area contributed by atoms with Gasteiger partial charge in [-0.3, -0.25) is 4.79 Å². The van der Waals surface area contributed by atoms with Crippen molar-refractivity contribution in [1.82, 2.24) is 9.62 Å². The molecule has 0 atom stereocenters. The van der Waals surface area contributed by atoms with Crippen molar-refractivity contribution in [3.63, 3.8) is 0 Å². The molecule has 9 heteroatoms. The van der Waals surface area contributed by atoms with Gasteiger partial charge in [0.1, 0.15) is 5.82 Å².